The third-order valence-electron chi connectivity index (χ3n) is 2.36. The van der Waals surface area contributed by atoms with E-state index in [1.807, 2.05) is 6.92 Å². The van der Waals surface area contributed by atoms with Crippen molar-refractivity contribution in [2.24, 2.45) is 0 Å². The molecule has 9 nitrogen and oxygen atoms in total. The zero-order chi connectivity index (χ0) is 15.1. The van der Waals surface area contributed by atoms with Crippen molar-refractivity contribution in [3.8, 4) is 0 Å². The number of carbonyl (C=O) groups excluding carboxylic acids is 2. The quantitative estimate of drug-likeness (QED) is 0.589. The van der Waals surface area contributed by atoms with Gasteiger partial charge in [0.2, 0.25) is 5.91 Å². The number of amides is 2. The summed E-state index contributed by atoms with van der Waals surface area (Å²) in [5.41, 5.74) is -0.0404. The first-order valence-corrected chi connectivity index (χ1v) is 6.14. The lowest BCUT2D eigenvalue weighted by Gasteiger charge is -2.12. The topological polar surface area (TPSA) is 126 Å². The SMILES string of the molecule is CCCNC(=O)C(C)NC(=O)c1cn(CC(=O)O)nn1. The highest BCUT2D eigenvalue weighted by Gasteiger charge is 2.18. The number of carbonyl (C=O) groups is 3. The van der Waals surface area contributed by atoms with Gasteiger partial charge in [-0.3, -0.25) is 14.4 Å². The van der Waals surface area contributed by atoms with Crippen LogP contribution >= 0.6 is 0 Å². The smallest absolute Gasteiger partial charge is 0.325 e. The van der Waals surface area contributed by atoms with Gasteiger partial charge in [0, 0.05) is 6.54 Å². The monoisotopic (exact) mass is 283 g/mol. The Bertz CT molecular complexity index is 499. The molecule has 110 valence electrons. The van der Waals surface area contributed by atoms with Gasteiger partial charge in [0.05, 0.1) is 6.20 Å². The van der Waals surface area contributed by atoms with Gasteiger partial charge in [-0.05, 0) is 13.3 Å². The van der Waals surface area contributed by atoms with E-state index < -0.39 is 17.9 Å². The summed E-state index contributed by atoms with van der Waals surface area (Å²) in [6.07, 6.45) is 2.01. The maximum atomic E-state index is 11.8. The van der Waals surface area contributed by atoms with Gasteiger partial charge in [-0.25, -0.2) is 4.68 Å². The minimum atomic E-state index is -1.09. The van der Waals surface area contributed by atoms with E-state index >= 15 is 0 Å². The number of carboxylic acid groups (broad SMARTS) is 1. The molecule has 1 atom stereocenters. The largest absolute Gasteiger partial charge is 0.480 e. The summed E-state index contributed by atoms with van der Waals surface area (Å²) in [6.45, 7) is 3.62. The van der Waals surface area contributed by atoms with Crippen molar-refractivity contribution < 1.29 is 19.5 Å². The molecule has 0 aliphatic carbocycles. The summed E-state index contributed by atoms with van der Waals surface area (Å²) in [5, 5.41) is 20.7. The molecule has 9 heteroatoms. The molecule has 3 N–H and O–H groups in total. The lowest BCUT2D eigenvalue weighted by Crippen LogP contribution is -2.45. The van der Waals surface area contributed by atoms with Crippen molar-refractivity contribution >= 4 is 17.8 Å². The molecule has 0 radical (unpaired) electrons. The van der Waals surface area contributed by atoms with Crippen molar-refractivity contribution in [3.05, 3.63) is 11.9 Å². The first kappa shape index (κ1) is 15.6. The summed E-state index contributed by atoms with van der Waals surface area (Å²) in [7, 11) is 0. The summed E-state index contributed by atoms with van der Waals surface area (Å²) < 4.78 is 1.03. The van der Waals surface area contributed by atoms with Gasteiger partial charge in [0.25, 0.3) is 5.91 Å². The zero-order valence-electron chi connectivity index (χ0n) is 11.3. The van der Waals surface area contributed by atoms with Gasteiger partial charge in [-0.15, -0.1) is 5.10 Å². The number of rotatable bonds is 7. The van der Waals surface area contributed by atoms with Crippen LogP contribution in [0.3, 0.4) is 0 Å². The third-order valence-corrected chi connectivity index (χ3v) is 2.36. The molecule has 1 heterocycles. The Balaban J connectivity index is 2.55. The number of carboxylic acids is 1. The number of nitrogens with zero attached hydrogens (tertiary/aromatic N) is 3. The fourth-order valence-corrected chi connectivity index (χ4v) is 1.36. The van der Waals surface area contributed by atoms with Crippen LogP contribution in [0.5, 0.6) is 0 Å². The third kappa shape index (κ3) is 4.67. The Morgan fingerprint density at radius 2 is 2.15 bits per heavy atom. The van der Waals surface area contributed by atoms with E-state index in [0.29, 0.717) is 6.54 Å². The van der Waals surface area contributed by atoms with Crippen LogP contribution < -0.4 is 10.6 Å². The van der Waals surface area contributed by atoms with Crippen LogP contribution in [-0.4, -0.2) is 50.5 Å². The van der Waals surface area contributed by atoms with Crippen LogP contribution in [-0.2, 0) is 16.1 Å². The van der Waals surface area contributed by atoms with Crippen LogP contribution in [0, 0.1) is 0 Å². The Labute approximate surface area is 115 Å². The average Bonchev–Trinajstić information content (AvgIpc) is 2.83. The van der Waals surface area contributed by atoms with Gasteiger partial charge in [0.15, 0.2) is 5.69 Å². The van der Waals surface area contributed by atoms with Gasteiger partial charge < -0.3 is 15.7 Å². The van der Waals surface area contributed by atoms with Crippen LogP contribution in [0.15, 0.2) is 6.20 Å². The Hall–Kier alpha value is -2.45. The second kappa shape index (κ2) is 7.22. The normalized spacial score (nSPS) is 11.7. The number of aliphatic carboxylic acids is 1. The molecule has 0 saturated heterocycles. The Kier molecular flexibility index (Phi) is 5.63. The minimum absolute atomic E-state index is 0.0404. The molecule has 1 aromatic rings. The van der Waals surface area contributed by atoms with Gasteiger partial charge in [0.1, 0.15) is 12.6 Å². The molecule has 1 unspecified atom stereocenters. The van der Waals surface area contributed by atoms with Crippen molar-refractivity contribution in [2.75, 3.05) is 6.54 Å². The van der Waals surface area contributed by atoms with E-state index in [9.17, 15) is 14.4 Å². The first-order chi connectivity index (χ1) is 9.43. The zero-order valence-corrected chi connectivity index (χ0v) is 11.3. The standard InChI is InChI=1S/C11H17N5O4/c1-3-4-12-10(19)7(2)13-11(20)8-5-16(15-14-8)6-9(17)18/h5,7H,3-4,6H2,1-2H3,(H,12,19)(H,13,20)(H,17,18). The molecule has 0 aliphatic rings. The average molecular weight is 283 g/mol. The van der Waals surface area contributed by atoms with Gasteiger partial charge in [-0.2, -0.15) is 0 Å². The van der Waals surface area contributed by atoms with E-state index in [2.05, 4.69) is 20.9 Å². The molecule has 1 aromatic heterocycles. The summed E-state index contributed by atoms with van der Waals surface area (Å²) >= 11 is 0. The fourth-order valence-electron chi connectivity index (χ4n) is 1.36. The van der Waals surface area contributed by atoms with Crippen LogP contribution in [0.25, 0.3) is 0 Å². The highest BCUT2D eigenvalue weighted by molar-refractivity contribution is 5.95. The molecule has 0 aliphatic heterocycles. The molecule has 20 heavy (non-hydrogen) atoms. The summed E-state index contributed by atoms with van der Waals surface area (Å²) in [4.78, 5) is 33.8. The second-order valence-electron chi connectivity index (χ2n) is 4.18. The van der Waals surface area contributed by atoms with Crippen molar-refractivity contribution in [1.29, 1.82) is 0 Å². The van der Waals surface area contributed by atoms with E-state index in [-0.39, 0.29) is 18.1 Å². The number of hydrogen-bond acceptors (Lipinski definition) is 5. The van der Waals surface area contributed by atoms with Crippen molar-refractivity contribution in [3.63, 3.8) is 0 Å². The molecule has 2 amide bonds. The van der Waals surface area contributed by atoms with Gasteiger partial charge in [-0.1, -0.05) is 12.1 Å². The molecule has 0 fully saturated rings. The molecule has 0 spiro atoms. The van der Waals surface area contributed by atoms with E-state index in [0.717, 1.165) is 11.1 Å². The van der Waals surface area contributed by atoms with Crippen LogP contribution in [0.1, 0.15) is 30.8 Å². The lowest BCUT2D eigenvalue weighted by atomic mass is 10.3. The maximum Gasteiger partial charge on any atom is 0.325 e. The lowest BCUT2D eigenvalue weighted by molar-refractivity contribution is -0.138. The molecule has 0 saturated carbocycles. The predicted octanol–water partition coefficient (Wildman–Crippen LogP) is -0.993. The number of aromatic nitrogens is 3. The first-order valence-electron chi connectivity index (χ1n) is 6.14. The maximum absolute atomic E-state index is 11.8. The Morgan fingerprint density at radius 3 is 2.75 bits per heavy atom. The van der Waals surface area contributed by atoms with E-state index in [4.69, 9.17) is 5.11 Å². The second-order valence-corrected chi connectivity index (χ2v) is 4.18. The number of nitrogens with one attached hydrogen (secondary N) is 2. The highest BCUT2D eigenvalue weighted by atomic mass is 16.4. The van der Waals surface area contributed by atoms with Crippen molar-refractivity contribution in [2.45, 2.75) is 32.9 Å². The molecular formula is C11H17N5O4. The van der Waals surface area contributed by atoms with E-state index in [1.165, 1.54) is 6.20 Å². The Morgan fingerprint density at radius 1 is 1.45 bits per heavy atom. The molecule has 0 bridgehead atoms. The van der Waals surface area contributed by atoms with E-state index in [1.54, 1.807) is 6.92 Å². The molecule has 0 aromatic carbocycles. The summed E-state index contributed by atoms with van der Waals surface area (Å²) in [5.74, 6) is -1.96. The van der Waals surface area contributed by atoms with Crippen molar-refractivity contribution in [1.82, 2.24) is 25.6 Å². The van der Waals surface area contributed by atoms with Gasteiger partial charge >= 0.3 is 5.97 Å². The van der Waals surface area contributed by atoms with Crippen LogP contribution in [0.2, 0.25) is 0 Å². The molecule has 1 rings (SSSR count). The van der Waals surface area contributed by atoms with Crippen LogP contribution in [0.4, 0.5) is 0 Å². The fraction of sp³-hybridized carbons (Fsp3) is 0.545. The highest BCUT2D eigenvalue weighted by Crippen LogP contribution is 1.95. The predicted molar refractivity (Wildman–Crippen MR) is 67.9 cm³/mol. The number of hydrogen-bond donors (Lipinski definition) is 3. The molecular weight excluding hydrogens is 266 g/mol. The minimum Gasteiger partial charge on any atom is -0.480 e. The summed E-state index contributed by atoms with van der Waals surface area (Å²) in [6, 6.07) is -0.710.